The molecule has 0 aromatic heterocycles. The van der Waals surface area contributed by atoms with Crippen LogP contribution in [0.5, 0.6) is 0 Å². The first-order valence-electron chi connectivity index (χ1n) is 11.3. The van der Waals surface area contributed by atoms with Gasteiger partial charge in [-0.05, 0) is 104 Å². The van der Waals surface area contributed by atoms with Crippen LogP contribution in [0, 0.1) is 12.7 Å². The predicted octanol–water partition coefficient (Wildman–Crippen LogP) is 6.52. The third kappa shape index (κ3) is 4.75. The highest BCUT2D eigenvalue weighted by atomic mass is 19.1. The number of halogens is 2. The Morgan fingerprint density at radius 1 is 1.07 bits per heavy atom. The van der Waals surface area contributed by atoms with E-state index in [1.807, 2.05) is 6.07 Å². The molecule has 2 atom stereocenters. The lowest BCUT2D eigenvalue weighted by Crippen LogP contribution is -2.32. The van der Waals surface area contributed by atoms with Gasteiger partial charge in [-0.25, -0.2) is 4.39 Å². The number of aryl methyl sites for hydroxylation is 1. The highest BCUT2D eigenvalue weighted by molar-refractivity contribution is 5.73. The highest BCUT2D eigenvalue weighted by Crippen LogP contribution is 2.41. The number of rotatable bonds is 6. The number of hydrogen-bond donors (Lipinski definition) is 2. The standard InChI is InChI=1S/C26H32F2N2/c1-18-14-22(20-7-4-9-23(28)15-20)16-24-19(6-2-3-12-27)10-11-25(30-26(18)24)21-8-5-13-29-17-21/h4,7-9,14-16,19,25,29-30H,2-3,5-6,10-13,17H2,1H3. The first kappa shape index (κ1) is 21.0. The van der Waals surface area contributed by atoms with E-state index in [1.54, 1.807) is 12.1 Å². The fraction of sp³-hybridized carbons (Fsp3) is 0.462. The number of benzene rings is 2. The fourth-order valence-corrected chi connectivity index (χ4v) is 4.93. The second kappa shape index (κ2) is 9.74. The number of fused-ring (bicyclic) bond motifs is 1. The average Bonchev–Trinajstić information content (AvgIpc) is 2.95. The molecule has 160 valence electrons. The van der Waals surface area contributed by atoms with Crippen LogP contribution in [0.2, 0.25) is 0 Å². The van der Waals surface area contributed by atoms with Crippen molar-refractivity contribution in [3.63, 3.8) is 0 Å². The number of alkyl halides is 1. The quantitative estimate of drug-likeness (QED) is 0.418. The van der Waals surface area contributed by atoms with E-state index in [0.29, 0.717) is 18.4 Å². The van der Waals surface area contributed by atoms with Crippen molar-refractivity contribution in [2.75, 3.05) is 25.1 Å². The SMILES string of the molecule is Cc1cc(-c2cccc(F)c2)cc2c1NC(C1=CCCNC1)CCC2CCCCF. The van der Waals surface area contributed by atoms with Crippen molar-refractivity contribution < 1.29 is 8.78 Å². The summed E-state index contributed by atoms with van der Waals surface area (Å²) in [5, 5.41) is 7.35. The molecule has 4 rings (SSSR count). The lowest BCUT2D eigenvalue weighted by molar-refractivity contribution is 0.436. The molecule has 0 spiro atoms. The maximum absolute atomic E-state index is 13.8. The zero-order valence-electron chi connectivity index (χ0n) is 17.8. The molecule has 0 saturated carbocycles. The first-order chi connectivity index (χ1) is 14.7. The van der Waals surface area contributed by atoms with Crippen molar-refractivity contribution >= 4 is 5.69 Å². The van der Waals surface area contributed by atoms with E-state index in [1.165, 1.54) is 28.5 Å². The number of unbranched alkanes of at least 4 members (excludes halogenated alkanes) is 1. The largest absolute Gasteiger partial charge is 0.378 e. The lowest BCUT2D eigenvalue weighted by atomic mass is 9.85. The van der Waals surface area contributed by atoms with Crippen molar-refractivity contribution in [3.8, 4) is 11.1 Å². The van der Waals surface area contributed by atoms with Crippen molar-refractivity contribution in [2.24, 2.45) is 0 Å². The van der Waals surface area contributed by atoms with E-state index in [9.17, 15) is 8.78 Å². The van der Waals surface area contributed by atoms with Gasteiger partial charge in [-0.15, -0.1) is 0 Å². The molecule has 2 aliphatic heterocycles. The predicted molar refractivity (Wildman–Crippen MR) is 121 cm³/mol. The first-order valence-corrected chi connectivity index (χ1v) is 11.3. The molecule has 0 amide bonds. The Morgan fingerprint density at radius 3 is 2.73 bits per heavy atom. The van der Waals surface area contributed by atoms with E-state index in [0.717, 1.165) is 56.3 Å². The van der Waals surface area contributed by atoms with Gasteiger partial charge >= 0.3 is 0 Å². The highest BCUT2D eigenvalue weighted by Gasteiger charge is 2.27. The van der Waals surface area contributed by atoms with Gasteiger partial charge in [-0.2, -0.15) is 0 Å². The van der Waals surface area contributed by atoms with E-state index in [4.69, 9.17) is 0 Å². The molecule has 2 N–H and O–H groups in total. The number of hydrogen-bond acceptors (Lipinski definition) is 2. The molecule has 2 aromatic rings. The van der Waals surface area contributed by atoms with Crippen LogP contribution in [0.3, 0.4) is 0 Å². The summed E-state index contributed by atoms with van der Waals surface area (Å²) < 4.78 is 26.6. The molecule has 0 bridgehead atoms. The summed E-state index contributed by atoms with van der Waals surface area (Å²) in [5.74, 6) is 0.183. The molecule has 2 aromatic carbocycles. The fourth-order valence-electron chi connectivity index (χ4n) is 4.93. The van der Waals surface area contributed by atoms with Crippen LogP contribution in [-0.2, 0) is 0 Å². The van der Waals surface area contributed by atoms with Gasteiger partial charge < -0.3 is 10.6 Å². The summed E-state index contributed by atoms with van der Waals surface area (Å²) in [6.07, 6.45) is 8.15. The molecule has 0 saturated heterocycles. The third-order valence-corrected chi connectivity index (χ3v) is 6.53. The van der Waals surface area contributed by atoms with Gasteiger partial charge in [0.1, 0.15) is 5.82 Å². The summed E-state index contributed by atoms with van der Waals surface area (Å²) in [5.41, 5.74) is 7.13. The summed E-state index contributed by atoms with van der Waals surface area (Å²) in [6, 6.07) is 11.5. The lowest BCUT2D eigenvalue weighted by Gasteiger charge is -2.26. The second-order valence-electron chi connectivity index (χ2n) is 8.67. The Balaban J connectivity index is 1.71. The van der Waals surface area contributed by atoms with Gasteiger partial charge in [-0.3, -0.25) is 4.39 Å². The minimum atomic E-state index is -0.249. The van der Waals surface area contributed by atoms with Gasteiger partial charge in [0.05, 0.1) is 6.67 Å². The smallest absolute Gasteiger partial charge is 0.123 e. The minimum absolute atomic E-state index is 0.213. The third-order valence-electron chi connectivity index (χ3n) is 6.53. The second-order valence-corrected chi connectivity index (χ2v) is 8.67. The molecule has 0 radical (unpaired) electrons. The Labute approximate surface area is 178 Å². The monoisotopic (exact) mass is 410 g/mol. The van der Waals surface area contributed by atoms with Crippen molar-refractivity contribution in [1.82, 2.24) is 5.32 Å². The topological polar surface area (TPSA) is 24.1 Å². The average molecular weight is 411 g/mol. The molecule has 0 aliphatic carbocycles. The summed E-state index contributed by atoms with van der Waals surface area (Å²) in [7, 11) is 0. The van der Waals surface area contributed by atoms with Crippen molar-refractivity contribution in [2.45, 2.75) is 57.4 Å². The van der Waals surface area contributed by atoms with Crippen molar-refractivity contribution in [3.05, 3.63) is 65.0 Å². The maximum Gasteiger partial charge on any atom is 0.123 e. The molecule has 2 aliphatic rings. The zero-order valence-corrected chi connectivity index (χ0v) is 17.8. The molecular weight excluding hydrogens is 378 g/mol. The molecule has 4 heteroatoms. The van der Waals surface area contributed by atoms with E-state index < -0.39 is 0 Å². The van der Waals surface area contributed by atoms with E-state index >= 15 is 0 Å². The van der Waals surface area contributed by atoms with Gasteiger partial charge in [0.15, 0.2) is 0 Å². The Bertz CT molecular complexity index is 906. The molecule has 0 fully saturated rings. The number of nitrogens with one attached hydrogen (secondary N) is 2. The van der Waals surface area contributed by atoms with Crippen LogP contribution in [0.25, 0.3) is 11.1 Å². The van der Waals surface area contributed by atoms with Crippen LogP contribution in [0.4, 0.5) is 14.5 Å². The van der Waals surface area contributed by atoms with Gasteiger partial charge in [0.25, 0.3) is 0 Å². The molecule has 2 nitrogen and oxygen atoms in total. The van der Waals surface area contributed by atoms with Crippen LogP contribution in [0.1, 0.15) is 55.6 Å². The Kier molecular flexibility index (Phi) is 6.83. The van der Waals surface area contributed by atoms with Gasteiger partial charge in [0.2, 0.25) is 0 Å². The van der Waals surface area contributed by atoms with E-state index in [2.05, 4.69) is 35.8 Å². The molecule has 2 unspecified atom stereocenters. The summed E-state index contributed by atoms with van der Waals surface area (Å²) >= 11 is 0. The van der Waals surface area contributed by atoms with Crippen LogP contribution in [0.15, 0.2) is 48.0 Å². The minimum Gasteiger partial charge on any atom is -0.378 e. The molecule has 30 heavy (non-hydrogen) atoms. The normalized spacial score (nSPS) is 21.4. The van der Waals surface area contributed by atoms with Gasteiger partial charge in [-0.1, -0.05) is 24.6 Å². The summed E-state index contributed by atoms with van der Waals surface area (Å²) in [6.45, 7) is 3.89. The molecular formula is C26H32F2N2. The molecule has 2 heterocycles. The Hall–Kier alpha value is -2.20. The van der Waals surface area contributed by atoms with Crippen LogP contribution in [-0.4, -0.2) is 25.8 Å². The van der Waals surface area contributed by atoms with E-state index in [-0.39, 0.29) is 12.5 Å². The zero-order chi connectivity index (χ0) is 20.9. The maximum atomic E-state index is 13.8. The Morgan fingerprint density at radius 2 is 1.97 bits per heavy atom. The summed E-state index contributed by atoms with van der Waals surface area (Å²) in [4.78, 5) is 0. The van der Waals surface area contributed by atoms with Gasteiger partial charge in [0, 0.05) is 18.3 Å². The van der Waals surface area contributed by atoms with Crippen LogP contribution >= 0.6 is 0 Å². The van der Waals surface area contributed by atoms with Crippen LogP contribution < -0.4 is 10.6 Å². The van der Waals surface area contributed by atoms with Crippen molar-refractivity contribution in [1.29, 1.82) is 0 Å². The number of anilines is 1.